The summed E-state index contributed by atoms with van der Waals surface area (Å²) in [7, 11) is 0. The van der Waals surface area contributed by atoms with Gasteiger partial charge >= 0.3 is 0 Å². The van der Waals surface area contributed by atoms with E-state index in [9.17, 15) is 9.90 Å². The lowest BCUT2D eigenvalue weighted by molar-refractivity contribution is -0.108. The second-order valence-electron chi connectivity index (χ2n) is 3.87. The van der Waals surface area contributed by atoms with E-state index in [-0.39, 0.29) is 11.7 Å². The third-order valence-electron chi connectivity index (χ3n) is 2.68. The molecule has 82 valence electrons. The Labute approximate surface area is 94.9 Å². The van der Waals surface area contributed by atoms with Crippen LogP contribution < -0.4 is 0 Å². The molecule has 0 aliphatic heterocycles. The van der Waals surface area contributed by atoms with Gasteiger partial charge in [0.05, 0.1) is 0 Å². The van der Waals surface area contributed by atoms with E-state index in [0.29, 0.717) is 17.0 Å². The summed E-state index contributed by atoms with van der Waals surface area (Å²) in [5, 5.41) is 10.5. The van der Waals surface area contributed by atoms with Crippen LogP contribution in [0.25, 0.3) is 0 Å². The van der Waals surface area contributed by atoms with Gasteiger partial charge < -0.3 is 9.90 Å². The van der Waals surface area contributed by atoms with Crippen LogP contribution in [0.2, 0.25) is 5.02 Å². The summed E-state index contributed by atoms with van der Waals surface area (Å²) in [6.45, 7) is 5.58. The monoisotopic (exact) mass is 226 g/mol. The van der Waals surface area contributed by atoms with Crippen molar-refractivity contribution in [3.63, 3.8) is 0 Å². The molecular formula is C12H15ClO2. The van der Waals surface area contributed by atoms with Crippen LogP contribution in [-0.2, 0) is 4.79 Å². The summed E-state index contributed by atoms with van der Waals surface area (Å²) in [5.74, 6) is 0.243. The first-order valence-electron chi connectivity index (χ1n) is 4.91. The van der Waals surface area contributed by atoms with Crippen LogP contribution >= 0.6 is 11.6 Å². The minimum atomic E-state index is 0.0264. The highest BCUT2D eigenvalue weighted by Gasteiger charge is 2.16. The number of aldehydes is 1. The van der Waals surface area contributed by atoms with Crippen molar-refractivity contribution in [3.05, 3.63) is 27.8 Å². The molecule has 0 bridgehead atoms. The molecule has 1 atom stereocenters. The Morgan fingerprint density at radius 3 is 2.67 bits per heavy atom. The molecule has 1 N–H and O–H groups in total. The molecule has 2 nitrogen and oxygen atoms in total. The molecule has 0 radical (unpaired) electrons. The second kappa shape index (κ2) is 4.67. The third-order valence-corrected chi connectivity index (χ3v) is 3.07. The van der Waals surface area contributed by atoms with Gasteiger partial charge in [0.15, 0.2) is 0 Å². The number of carbonyl (C=O) groups is 1. The molecule has 1 rings (SSSR count). The van der Waals surface area contributed by atoms with Crippen LogP contribution in [0, 0.1) is 13.8 Å². The minimum Gasteiger partial charge on any atom is -0.507 e. The maximum absolute atomic E-state index is 10.5. The summed E-state index contributed by atoms with van der Waals surface area (Å²) in [4.78, 5) is 10.5. The topological polar surface area (TPSA) is 37.3 Å². The number of benzene rings is 1. The minimum absolute atomic E-state index is 0.0264. The van der Waals surface area contributed by atoms with Crippen LogP contribution in [0.3, 0.4) is 0 Å². The molecule has 0 aliphatic carbocycles. The predicted octanol–water partition coefficient (Wildman–Crippen LogP) is 3.35. The summed E-state index contributed by atoms with van der Waals surface area (Å²) >= 11 is 5.94. The fraction of sp³-hybridized carbons (Fsp3) is 0.417. The number of hydrogen-bond donors (Lipinski definition) is 1. The maximum Gasteiger partial charge on any atom is 0.123 e. The lowest BCUT2D eigenvalue weighted by Gasteiger charge is -2.16. The number of phenolic OH excluding ortho intramolecular Hbond substituents is 1. The first-order valence-corrected chi connectivity index (χ1v) is 5.29. The Kier molecular flexibility index (Phi) is 3.75. The Balaban J connectivity index is 3.28. The fourth-order valence-corrected chi connectivity index (χ4v) is 2.02. The van der Waals surface area contributed by atoms with Gasteiger partial charge in [-0.25, -0.2) is 0 Å². The van der Waals surface area contributed by atoms with Gasteiger partial charge in [-0.1, -0.05) is 18.5 Å². The van der Waals surface area contributed by atoms with Gasteiger partial charge in [-0.2, -0.15) is 0 Å². The van der Waals surface area contributed by atoms with Gasteiger partial charge in [0.1, 0.15) is 12.0 Å². The SMILES string of the molecule is Cc1cc(Cl)c(C)c(O)c1C(C)CC=O. The van der Waals surface area contributed by atoms with Gasteiger partial charge in [0.2, 0.25) is 0 Å². The number of rotatable bonds is 3. The van der Waals surface area contributed by atoms with Crippen LogP contribution in [0.4, 0.5) is 0 Å². The van der Waals surface area contributed by atoms with E-state index >= 15 is 0 Å². The van der Waals surface area contributed by atoms with Crippen molar-refractivity contribution < 1.29 is 9.90 Å². The van der Waals surface area contributed by atoms with Crippen molar-refractivity contribution in [1.82, 2.24) is 0 Å². The lowest BCUT2D eigenvalue weighted by atomic mass is 9.91. The molecular weight excluding hydrogens is 212 g/mol. The molecule has 0 aliphatic rings. The zero-order valence-corrected chi connectivity index (χ0v) is 9.93. The molecule has 0 aromatic heterocycles. The molecule has 15 heavy (non-hydrogen) atoms. The molecule has 0 amide bonds. The predicted molar refractivity (Wildman–Crippen MR) is 61.7 cm³/mol. The van der Waals surface area contributed by atoms with Crippen molar-refractivity contribution in [2.24, 2.45) is 0 Å². The quantitative estimate of drug-likeness (QED) is 0.803. The van der Waals surface area contributed by atoms with Crippen LogP contribution in [0.1, 0.15) is 36.0 Å². The van der Waals surface area contributed by atoms with Crippen molar-refractivity contribution >= 4 is 17.9 Å². The van der Waals surface area contributed by atoms with E-state index in [2.05, 4.69) is 0 Å². The van der Waals surface area contributed by atoms with Crippen LogP contribution in [0.15, 0.2) is 6.07 Å². The Bertz CT molecular complexity index is 386. The Hall–Kier alpha value is -1.02. The van der Waals surface area contributed by atoms with E-state index in [0.717, 1.165) is 17.4 Å². The number of phenols is 1. The lowest BCUT2D eigenvalue weighted by Crippen LogP contribution is -2.00. The molecule has 3 heteroatoms. The zero-order valence-electron chi connectivity index (χ0n) is 9.17. The molecule has 0 heterocycles. The standard InChI is InChI=1S/C12H15ClO2/c1-7(4-5-14)11-8(2)6-10(13)9(3)12(11)15/h5-7,15H,4H2,1-3H3. The number of hydrogen-bond acceptors (Lipinski definition) is 2. The van der Waals surface area contributed by atoms with E-state index in [1.165, 1.54) is 0 Å². The van der Waals surface area contributed by atoms with Crippen molar-refractivity contribution in [2.75, 3.05) is 0 Å². The van der Waals surface area contributed by atoms with Crippen molar-refractivity contribution in [2.45, 2.75) is 33.1 Å². The third kappa shape index (κ3) is 2.32. The van der Waals surface area contributed by atoms with Gasteiger partial charge in [0, 0.05) is 22.6 Å². The summed E-state index contributed by atoms with van der Waals surface area (Å²) < 4.78 is 0. The number of carbonyl (C=O) groups excluding carboxylic acids is 1. The van der Waals surface area contributed by atoms with E-state index in [4.69, 9.17) is 11.6 Å². The number of aromatic hydroxyl groups is 1. The molecule has 0 fully saturated rings. The first kappa shape index (κ1) is 12.1. The highest BCUT2D eigenvalue weighted by molar-refractivity contribution is 6.31. The summed E-state index contributed by atoms with van der Waals surface area (Å²) in [6, 6.07) is 1.83. The summed E-state index contributed by atoms with van der Waals surface area (Å²) in [6.07, 6.45) is 1.28. The fourth-order valence-electron chi connectivity index (χ4n) is 1.76. The largest absolute Gasteiger partial charge is 0.507 e. The molecule has 1 aromatic rings. The average molecular weight is 227 g/mol. The molecule has 1 aromatic carbocycles. The highest BCUT2D eigenvalue weighted by Crippen LogP contribution is 2.36. The van der Waals surface area contributed by atoms with E-state index < -0.39 is 0 Å². The number of halogens is 1. The van der Waals surface area contributed by atoms with Crippen molar-refractivity contribution in [3.8, 4) is 5.75 Å². The first-order chi connectivity index (χ1) is 6.99. The van der Waals surface area contributed by atoms with Gasteiger partial charge in [-0.15, -0.1) is 0 Å². The van der Waals surface area contributed by atoms with E-state index in [1.54, 1.807) is 6.92 Å². The molecule has 0 saturated carbocycles. The summed E-state index contributed by atoms with van der Waals surface area (Å²) in [5.41, 5.74) is 2.43. The Morgan fingerprint density at radius 2 is 2.13 bits per heavy atom. The van der Waals surface area contributed by atoms with Crippen molar-refractivity contribution in [1.29, 1.82) is 0 Å². The molecule has 1 unspecified atom stereocenters. The van der Waals surface area contributed by atoms with E-state index in [1.807, 2.05) is 19.9 Å². The second-order valence-corrected chi connectivity index (χ2v) is 4.27. The smallest absolute Gasteiger partial charge is 0.123 e. The Morgan fingerprint density at radius 1 is 1.53 bits per heavy atom. The van der Waals surface area contributed by atoms with Gasteiger partial charge in [0.25, 0.3) is 0 Å². The zero-order chi connectivity index (χ0) is 11.6. The van der Waals surface area contributed by atoms with Gasteiger partial charge in [-0.3, -0.25) is 0 Å². The maximum atomic E-state index is 10.5. The highest BCUT2D eigenvalue weighted by atomic mass is 35.5. The van der Waals surface area contributed by atoms with Crippen LogP contribution in [-0.4, -0.2) is 11.4 Å². The molecule has 0 spiro atoms. The number of aryl methyl sites for hydroxylation is 1. The van der Waals surface area contributed by atoms with Gasteiger partial charge in [-0.05, 0) is 31.4 Å². The molecule has 0 saturated heterocycles. The average Bonchev–Trinajstić information content (AvgIpc) is 2.15. The van der Waals surface area contributed by atoms with Crippen LogP contribution in [0.5, 0.6) is 5.75 Å². The normalized spacial score (nSPS) is 12.5.